The van der Waals surface area contributed by atoms with Gasteiger partial charge in [0.2, 0.25) is 0 Å². The third-order valence-electron chi connectivity index (χ3n) is 3.78. The molecule has 3 rings (SSSR count). The Labute approximate surface area is 142 Å². The Bertz CT molecular complexity index is 750. The standard InChI is InChI=1S/C16H17F3N4O2/c1-11-10-14(16(17,18)19)23(21-11)13-4-2-12(3-5-13)20-15(24)22-6-8-25-9-7-22/h2-5,10H,6-9H2,1H3,(H,20,24). The number of urea groups is 1. The lowest BCUT2D eigenvalue weighted by Crippen LogP contribution is -2.43. The monoisotopic (exact) mass is 354 g/mol. The lowest BCUT2D eigenvalue weighted by Gasteiger charge is -2.26. The molecule has 6 nitrogen and oxygen atoms in total. The second-order valence-corrected chi connectivity index (χ2v) is 5.66. The Kier molecular flexibility index (Phi) is 4.67. The molecule has 1 aliphatic heterocycles. The van der Waals surface area contributed by atoms with Crippen LogP contribution in [0.3, 0.4) is 0 Å². The van der Waals surface area contributed by atoms with Crippen LogP contribution in [0.2, 0.25) is 0 Å². The summed E-state index contributed by atoms with van der Waals surface area (Å²) in [6.07, 6.45) is -4.50. The van der Waals surface area contributed by atoms with Crippen LogP contribution in [0.15, 0.2) is 30.3 Å². The zero-order chi connectivity index (χ0) is 18.0. The molecule has 1 saturated heterocycles. The first-order valence-corrected chi connectivity index (χ1v) is 7.72. The first kappa shape index (κ1) is 17.3. The van der Waals surface area contributed by atoms with E-state index in [0.29, 0.717) is 32.0 Å². The van der Waals surface area contributed by atoms with Crippen LogP contribution >= 0.6 is 0 Å². The minimum Gasteiger partial charge on any atom is -0.378 e. The van der Waals surface area contributed by atoms with Gasteiger partial charge in [-0.1, -0.05) is 0 Å². The van der Waals surface area contributed by atoms with E-state index in [4.69, 9.17) is 4.74 Å². The number of benzene rings is 1. The van der Waals surface area contributed by atoms with Gasteiger partial charge in [0.1, 0.15) is 5.69 Å². The van der Waals surface area contributed by atoms with Crippen molar-refractivity contribution in [1.29, 1.82) is 0 Å². The van der Waals surface area contributed by atoms with Crippen molar-refractivity contribution in [3.63, 3.8) is 0 Å². The largest absolute Gasteiger partial charge is 0.433 e. The second kappa shape index (κ2) is 6.75. The first-order chi connectivity index (χ1) is 11.8. The predicted molar refractivity (Wildman–Crippen MR) is 84.7 cm³/mol. The molecule has 2 aromatic rings. The van der Waals surface area contributed by atoms with Crippen LogP contribution in [-0.2, 0) is 10.9 Å². The van der Waals surface area contributed by atoms with Crippen molar-refractivity contribution in [2.75, 3.05) is 31.6 Å². The van der Waals surface area contributed by atoms with Gasteiger partial charge >= 0.3 is 12.2 Å². The van der Waals surface area contributed by atoms with Crippen LogP contribution in [0, 0.1) is 6.92 Å². The average molecular weight is 354 g/mol. The van der Waals surface area contributed by atoms with Crippen molar-refractivity contribution in [2.45, 2.75) is 13.1 Å². The van der Waals surface area contributed by atoms with Gasteiger partial charge in [-0.3, -0.25) is 0 Å². The lowest BCUT2D eigenvalue weighted by molar-refractivity contribution is -0.142. The number of ether oxygens (including phenoxy) is 1. The highest BCUT2D eigenvalue weighted by Crippen LogP contribution is 2.31. The molecule has 2 heterocycles. The fourth-order valence-corrected chi connectivity index (χ4v) is 2.55. The quantitative estimate of drug-likeness (QED) is 0.902. The lowest BCUT2D eigenvalue weighted by atomic mass is 10.2. The van der Waals surface area contributed by atoms with Crippen molar-refractivity contribution < 1.29 is 22.7 Å². The summed E-state index contributed by atoms with van der Waals surface area (Å²) < 4.78 is 45.2. The molecule has 0 unspecified atom stereocenters. The normalized spacial score (nSPS) is 15.3. The second-order valence-electron chi connectivity index (χ2n) is 5.66. The topological polar surface area (TPSA) is 59.4 Å². The number of anilines is 1. The summed E-state index contributed by atoms with van der Waals surface area (Å²) in [5.41, 5.74) is 0.203. The van der Waals surface area contributed by atoms with E-state index in [-0.39, 0.29) is 17.4 Å². The Hall–Kier alpha value is -2.55. The van der Waals surface area contributed by atoms with Gasteiger partial charge in [-0.2, -0.15) is 18.3 Å². The van der Waals surface area contributed by atoms with Gasteiger partial charge in [0.25, 0.3) is 0 Å². The number of halogens is 3. The maximum atomic E-state index is 13.1. The van der Waals surface area contributed by atoms with E-state index < -0.39 is 11.9 Å². The van der Waals surface area contributed by atoms with Gasteiger partial charge in [-0.15, -0.1) is 0 Å². The molecule has 1 N–H and O–H groups in total. The van der Waals surface area contributed by atoms with Gasteiger partial charge in [0.15, 0.2) is 0 Å². The van der Waals surface area contributed by atoms with E-state index in [2.05, 4.69) is 10.4 Å². The van der Waals surface area contributed by atoms with Crippen LogP contribution in [-0.4, -0.2) is 47.0 Å². The summed E-state index contributed by atoms with van der Waals surface area (Å²) in [4.78, 5) is 13.7. The molecule has 2 amide bonds. The molecular weight excluding hydrogens is 337 g/mol. The fraction of sp³-hybridized carbons (Fsp3) is 0.375. The van der Waals surface area contributed by atoms with Crippen molar-refractivity contribution in [3.05, 3.63) is 41.7 Å². The Morgan fingerprint density at radius 1 is 1.20 bits per heavy atom. The molecule has 134 valence electrons. The summed E-state index contributed by atoms with van der Waals surface area (Å²) >= 11 is 0. The van der Waals surface area contributed by atoms with E-state index >= 15 is 0 Å². The number of rotatable bonds is 2. The summed E-state index contributed by atoms with van der Waals surface area (Å²) in [6, 6.07) is 6.79. The molecule has 0 spiro atoms. The predicted octanol–water partition coefficient (Wildman–Crippen LogP) is 3.06. The molecule has 0 bridgehead atoms. The number of amides is 2. The number of hydrogen-bond acceptors (Lipinski definition) is 3. The van der Waals surface area contributed by atoms with Crippen LogP contribution in [0.5, 0.6) is 0 Å². The van der Waals surface area contributed by atoms with E-state index in [1.54, 1.807) is 17.0 Å². The smallest absolute Gasteiger partial charge is 0.378 e. The molecule has 1 fully saturated rings. The minimum absolute atomic E-state index is 0.262. The molecular formula is C16H17F3N4O2. The molecule has 1 aliphatic rings. The van der Waals surface area contributed by atoms with Gasteiger partial charge in [-0.05, 0) is 37.3 Å². The zero-order valence-corrected chi connectivity index (χ0v) is 13.5. The van der Waals surface area contributed by atoms with Crippen LogP contribution in [0.4, 0.5) is 23.7 Å². The summed E-state index contributed by atoms with van der Waals surface area (Å²) in [7, 11) is 0. The van der Waals surface area contributed by atoms with Crippen LogP contribution in [0.1, 0.15) is 11.4 Å². The van der Waals surface area contributed by atoms with Gasteiger partial charge in [-0.25, -0.2) is 9.48 Å². The van der Waals surface area contributed by atoms with E-state index in [1.807, 2.05) is 0 Å². The third kappa shape index (κ3) is 3.93. The highest BCUT2D eigenvalue weighted by molar-refractivity contribution is 5.89. The van der Waals surface area contributed by atoms with Gasteiger partial charge in [0, 0.05) is 18.8 Å². The Morgan fingerprint density at radius 2 is 1.84 bits per heavy atom. The van der Waals surface area contributed by atoms with Gasteiger partial charge < -0.3 is 15.0 Å². The molecule has 25 heavy (non-hydrogen) atoms. The number of aromatic nitrogens is 2. The number of morpholine rings is 1. The SMILES string of the molecule is Cc1cc(C(F)(F)F)n(-c2ccc(NC(=O)N3CCOCC3)cc2)n1. The number of alkyl halides is 3. The van der Waals surface area contributed by atoms with Crippen molar-refractivity contribution >= 4 is 11.7 Å². The summed E-state index contributed by atoms with van der Waals surface area (Å²) in [5, 5.41) is 6.62. The Balaban J connectivity index is 1.76. The molecule has 9 heteroatoms. The zero-order valence-electron chi connectivity index (χ0n) is 13.5. The molecule has 0 atom stereocenters. The van der Waals surface area contributed by atoms with Crippen molar-refractivity contribution in [2.24, 2.45) is 0 Å². The summed E-state index contributed by atoms with van der Waals surface area (Å²) in [5.74, 6) is 0. The highest BCUT2D eigenvalue weighted by atomic mass is 19.4. The third-order valence-corrected chi connectivity index (χ3v) is 3.78. The van der Waals surface area contributed by atoms with Crippen LogP contribution in [0.25, 0.3) is 5.69 Å². The number of nitrogens with one attached hydrogen (secondary N) is 1. The number of hydrogen-bond donors (Lipinski definition) is 1. The number of nitrogens with zero attached hydrogens (tertiary/aromatic N) is 3. The van der Waals surface area contributed by atoms with Crippen molar-refractivity contribution in [3.8, 4) is 5.69 Å². The molecule has 1 aromatic heterocycles. The molecule has 0 radical (unpaired) electrons. The molecule has 0 aliphatic carbocycles. The number of carbonyl (C=O) groups is 1. The fourth-order valence-electron chi connectivity index (χ4n) is 2.55. The first-order valence-electron chi connectivity index (χ1n) is 7.72. The average Bonchev–Trinajstić information content (AvgIpc) is 2.98. The van der Waals surface area contributed by atoms with E-state index in [0.717, 1.165) is 10.7 Å². The van der Waals surface area contributed by atoms with Crippen molar-refractivity contribution in [1.82, 2.24) is 14.7 Å². The summed E-state index contributed by atoms with van der Waals surface area (Å²) in [6.45, 7) is 3.50. The minimum atomic E-state index is -4.50. The number of carbonyl (C=O) groups excluding carboxylic acids is 1. The molecule has 0 saturated carbocycles. The molecule has 1 aromatic carbocycles. The highest BCUT2D eigenvalue weighted by Gasteiger charge is 2.35. The van der Waals surface area contributed by atoms with E-state index in [1.165, 1.54) is 19.1 Å². The van der Waals surface area contributed by atoms with E-state index in [9.17, 15) is 18.0 Å². The maximum absolute atomic E-state index is 13.1. The number of aryl methyl sites for hydroxylation is 1. The van der Waals surface area contributed by atoms with Gasteiger partial charge in [0.05, 0.1) is 24.6 Å². The maximum Gasteiger partial charge on any atom is 0.433 e. The van der Waals surface area contributed by atoms with Crippen LogP contribution < -0.4 is 5.32 Å². The Morgan fingerprint density at radius 3 is 2.44 bits per heavy atom.